The highest BCUT2D eigenvalue weighted by molar-refractivity contribution is 5.28. The Labute approximate surface area is 97.8 Å². The van der Waals surface area contributed by atoms with E-state index in [0.717, 1.165) is 30.8 Å². The zero-order valence-corrected chi connectivity index (χ0v) is 10.2. The van der Waals surface area contributed by atoms with Gasteiger partial charge in [-0.25, -0.2) is 0 Å². The van der Waals surface area contributed by atoms with Crippen LogP contribution in [0.5, 0.6) is 5.75 Å². The molecule has 0 aliphatic rings. The smallest absolute Gasteiger partial charge is 0.119 e. The molecule has 1 aromatic rings. The summed E-state index contributed by atoms with van der Waals surface area (Å²) in [5, 5.41) is 3.30. The highest BCUT2D eigenvalue weighted by atomic mass is 16.5. The number of methoxy groups -OCH3 is 1. The molecule has 90 valence electrons. The van der Waals surface area contributed by atoms with Crippen molar-refractivity contribution in [2.75, 3.05) is 26.8 Å². The molecule has 1 aromatic carbocycles. The molecular weight excluding hydrogens is 202 g/mol. The Bertz CT molecular complexity index is 289. The molecule has 0 aliphatic heterocycles. The quantitative estimate of drug-likeness (QED) is 0.685. The predicted molar refractivity (Wildman–Crippen MR) is 65.8 cm³/mol. The van der Waals surface area contributed by atoms with Crippen LogP contribution in [-0.2, 0) is 11.3 Å². The topological polar surface area (TPSA) is 30.5 Å². The first-order valence-corrected chi connectivity index (χ1v) is 5.78. The summed E-state index contributed by atoms with van der Waals surface area (Å²) in [6.45, 7) is 5.43. The van der Waals surface area contributed by atoms with Gasteiger partial charge in [0.25, 0.3) is 0 Å². The van der Waals surface area contributed by atoms with Gasteiger partial charge in [0, 0.05) is 13.7 Å². The zero-order chi connectivity index (χ0) is 11.6. The summed E-state index contributed by atoms with van der Waals surface area (Å²) in [5.41, 5.74) is 1.14. The van der Waals surface area contributed by atoms with Gasteiger partial charge in [-0.05, 0) is 30.7 Å². The molecule has 3 heteroatoms. The molecule has 0 heterocycles. The SMILES string of the molecule is CCCNCCOc1cccc(COC)c1. The standard InChI is InChI=1S/C13H21NO2/c1-3-7-14-8-9-16-13-6-4-5-12(10-13)11-15-2/h4-6,10,14H,3,7-9,11H2,1-2H3. The summed E-state index contributed by atoms with van der Waals surface area (Å²) >= 11 is 0. The minimum atomic E-state index is 0.630. The average Bonchev–Trinajstić information content (AvgIpc) is 2.30. The molecule has 1 rings (SSSR count). The Balaban J connectivity index is 2.27. The van der Waals surface area contributed by atoms with Crippen molar-refractivity contribution in [1.29, 1.82) is 0 Å². The lowest BCUT2D eigenvalue weighted by Gasteiger charge is -2.08. The Morgan fingerprint density at radius 2 is 2.12 bits per heavy atom. The van der Waals surface area contributed by atoms with Crippen molar-refractivity contribution in [1.82, 2.24) is 5.32 Å². The van der Waals surface area contributed by atoms with Gasteiger partial charge in [0.1, 0.15) is 12.4 Å². The molecule has 0 aliphatic carbocycles. The van der Waals surface area contributed by atoms with E-state index in [0.29, 0.717) is 13.2 Å². The molecule has 0 saturated heterocycles. The largest absolute Gasteiger partial charge is 0.492 e. The lowest BCUT2D eigenvalue weighted by molar-refractivity contribution is 0.184. The number of ether oxygens (including phenoxy) is 2. The second-order valence-electron chi connectivity index (χ2n) is 3.68. The molecular formula is C13H21NO2. The summed E-state index contributed by atoms with van der Waals surface area (Å²) in [4.78, 5) is 0. The number of benzene rings is 1. The Kier molecular flexibility index (Phi) is 6.61. The van der Waals surface area contributed by atoms with Crippen molar-refractivity contribution in [3.05, 3.63) is 29.8 Å². The van der Waals surface area contributed by atoms with E-state index < -0.39 is 0 Å². The first-order chi connectivity index (χ1) is 7.86. The number of rotatable bonds is 8. The third-order valence-electron chi connectivity index (χ3n) is 2.18. The van der Waals surface area contributed by atoms with Crippen LogP contribution in [0.2, 0.25) is 0 Å². The second-order valence-corrected chi connectivity index (χ2v) is 3.68. The number of nitrogens with one attached hydrogen (secondary N) is 1. The molecule has 0 atom stereocenters. The van der Waals surface area contributed by atoms with Crippen LogP contribution < -0.4 is 10.1 Å². The van der Waals surface area contributed by atoms with Crippen molar-refractivity contribution in [2.45, 2.75) is 20.0 Å². The highest BCUT2D eigenvalue weighted by Gasteiger charge is 1.96. The van der Waals surface area contributed by atoms with Crippen molar-refractivity contribution in [3.63, 3.8) is 0 Å². The molecule has 0 spiro atoms. The molecule has 3 nitrogen and oxygen atoms in total. The first kappa shape index (κ1) is 13.0. The lowest BCUT2D eigenvalue weighted by Crippen LogP contribution is -2.21. The Hall–Kier alpha value is -1.06. The fourth-order valence-corrected chi connectivity index (χ4v) is 1.43. The van der Waals surface area contributed by atoms with Crippen LogP contribution in [0.4, 0.5) is 0 Å². The first-order valence-electron chi connectivity index (χ1n) is 5.78. The van der Waals surface area contributed by atoms with E-state index in [9.17, 15) is 0 Å². The van der Waals surface area contributed by atoms with Crippen LogP contribution in [0.3, 0.4) is 0 Å². The Morgan fingerprint density at radius 1 is 1.25 bits per heavy atom. The molecule has 1 N–H and O–H groups in total. The van der Waals surface area contributed by atoms with Gasteiger partial charge in [-0.3, -0.25) is 0 Å². The van der Waals surface area contributed by atoms with E-state index >= 15 is 0 Å². The second kappa shape index (κ2) is 8.13. The molecule has 0 fully saturated rings. The van der Waals surface area contributed by atoms with Crippen LogP contribution in [-0.4, -0.2) is 26.8 Å². The third-order valence-corrected chi connectivity index (χ3v) is 2.18. The maximum atomic E-state index is 5.62. The predicted octanol–water partition coefficient (Wildman–Crippen LogP) is 2.21. The fourth-order valence-electron chi connectivity index (χ4n) is 1.43. The van der Waals surface area contributed by atoms with Gasteiger partial charge >= 0.3 is 0 Å². The summed E-state index contributed by atoms with van der Waals surface area (Å²) in [6, 6.07) is 8.01. The maximum Gasteiger partial charge on any atom is 0.119 e. The van der Waals surface area contributed by atoms with Crippen LogP contribution in [0.1, 0.15) is 18.9 Å². The van der Waals surface area contributed by atoms with Gasteiger partial charge in [0.15, 0.2) is 0 Å². The lowest BCUT2D eigenvalue weighted by atomic mass is 10.2. The molecule has 0 bridgehead atoms. The average molecular weight is 223 g/mol. The van der Waals surface area contributed by atoms with E-state index in [1.54, 1.807) is 7.11 Å². The third kappa shape index (κ3) is 5.14. The summed E-state index contributed by atoms with van der Waals surface area (Å²) in [6.07, 6.45) is 1.16. The fraction of sp³-hybridized carbons (Fsp3) is 0.538. The van der Waals surface area contributed by atoms with Crippen molar-refractivity contribution < 1.29 is 9.47 Å². The van der Waals surface area contributed by atoms with Crippen LogP contribution >= 0.6 is 0 Å². The maximum absolute atomic E-state index is 5.62. The van der Waals surface area contributed by atoms with E-state index in [2.05, 4.69) is 12.2 Å². The van der Waals surface area contributed by atoms with Gasteiger partial charge in [-0.15, -0.1) is 0 Å². The number of hydrogen-bond acceptors (Lipinski definition) is 3. The molecule has 0 radical (unpaired) electrons. The van der Waals surface area contributed by atoms with Gasteiger partial charge in [0.2, 0.25) is 0 Å². The summed E-state index contributed by atoms with van der Waals surface area (Å²) < 4.78 is 10.7. The van der Waals surface area contributed by atoms with Crippen LogP contribution in [0.25, 0.3) is 0 Å². The molecule has 0 aromatic heterocycles. The van der Waals surface area contributed by atoms with Crippen molar-refractivity contribution in [3.8, 4) is 5.75 Å². The molecule has 16 heavy (non-hydrogen) atoms. The van der Waals surface area contributed by atoms with Gasteiger partial charge in [-0.1, -0.05) is 19.1 Å². The molecule has 0 saturated carbocycles. The van der Waals surface area contributed by atoms with Crippen molar-refractivity contribution >= 4 is 0 Å². The number of hydrogen-bond donors (Lipinski definition) is 1. The van der Waals surface area contributed by atoms with E-state index in [1.165, 1.54) is 0 Å². The zero-order valence-electron chi connectivity index (χ0n) is 10.2. The minimum Gasteiger partial charge on any atom is -0.492 e. The van der Waals surface area contributed by atoms with E-state index in [1.807, 2.05) is 24.3 Å². The van der Waals surface area contributed by atoms with Gasteiger partial charge < -0.3 is 14.8 Å². The van der Waals surface area contributed by atoms with Gasteiger partial charge in [-0.2, -0.15) is 0 Å². The summed E-state index contributed by atoms with van der Waals surface area (Å²) in [7, 11) is 1.70. The monoisotopic (exact) mass is 223 g/mol. The summed E-state index contributed by atoms with van der Waals surface area (Å²) in [5.74, 6) is 0.910. The molecule has 0 amide bonds. The minimum absolute atomic E-state index is 0.630. The van der Waals surface area contributed by atoms with Crippen molar-refractivity contribution in [2.24, 2.45) is 0 Å². The molecule has 0 unspecified atom stereocenters. The van der Waals surface area contributed by atoms with E-state index in [4.69, 9.17) is 9.47 Å². The highest BCUT2D eigenvalue weighted by Crippen LogP contribution is 2.13. The Morgan fingerprint density at radius 3 is 2.88 bits per heavy atom. The van der Waals surface area contributed by atoms with E-state index in [-0.39, 0.29) is 0 Å². The normalized spacial score (nSPS) is 10.4. The van der Waals surface area contributed by atoms with Crippen LogP contribution in [0.15, 0.2) is 24.3 Å². The van der Waals surface area contributed by atoms with Crippen LogP contribution in [0, 0.1) is 0 Å². The van der Waals surface area contributed by atoms with Gasteiger partial charge in [0.05, 0.1) is 6.61 Å².